The van der Waals surface area contributed by atoms with Crippen molar-refractivity contribution in [3.8, 4) is 0 Å². The molecule has 8 heteroatoms. The number of urea groups is 1. The number of halogens is 1. The van der Waals surface area contributed by atoms with Crippen LogP contribution >= 0.6 is 0 Å². The summed E-state index contributed by atoms with van der Waals surface area (Å²) in [6, 6.07) is 9.47. The van der Waals surface area contributed by atoms with Gasteiger partial charge in [-0.2, -0.15) is 0 Å². The Hall–Kier alpha value is -3.03. The summed E-state index contributed by atoms with van der Waals surface area (Å²) in [7, 11) is 0. The number of aromatic nitrogens is 2. The fraction of sp³-hybridized carbons (Fsp3) is 0.455. The molecule has 2 fully saturated rings. The summed E-state index contributed by atoms with van der Waals surface area (Å²) in [6.45, 7) is 5.64. The molecule has 0 aliphatic carbocycles. The van der Waals surface area contributed by atoms with Crippen molar-refractivity contribution in [2.45, 2.75) is 38.8 Å². The van der Waals surface area contributed by atoms with Crippen molar-refractivity contribution in [3.63, 3.8) is 0 Å². The number of imide groups is 1. The van der Waals surface area contributed by atoms with Crippen molar-refractivity contribution in [3.05, 3.63) is 54.2 Å². The molecule has 2 aromatic rings. The van der Waals surface area contributed by atoms with E-state index in [4.69, 9.17) is 0 Å². The SMILES string of the molecule is CC(C)CN1C(=O)N(Cc2ccccc2)C2(CCN(c3ncncc3F)CC2)C1=O. The molecule has 0 radical (unpaired) electrons. The van der Waals surface area contributed by atoms with Gasteiger partial charge in [-0.25, -0.2) is 19.2 Å². The number of nitrogens with zero attached hydrogens (tertiary/aromatic N) is 5. The topological polar surface area (TPSA) is 69.6 Å². The van der Waals surface area contributed by atoms with Gasteiger partial charge in [-0.05, 0) is 24.3 Å². The standard InChI is InChI=1S/C22H26FN5O2/c1-16(2)13-27-20(29)22(28(21(27)30)14-17-6-4-3-5-7-17)8-10-26(11-9-22)19-18(23)12-24-15-25-19/h3-7,12,15-16H,8-11,13-14H2,1-2H3. The Morgan fingerprint density at radius 2 is 1.83 bits per heavy atom. The van der Waals surface area contributed by atoms with Gasteiger partial charge >= 0.3 is 6.03 Å². The van der Waals surface area contributed by atoms with Crippen LogP contribution in [0.5, 0.6) is 0 Å². The molecule has 0 saturated carbocycles. The van der Waals surface area contributed by atoms with E-state index in [1.807, 2.05) is 49.1 Å². The Labute approximate surface area is 175 Å². The van der Waals surface area contributed by atoms with E-state index in [9.17, 15) is 14.0 Å². The second kappa shape index (κ2) is 8.01. The maximum absolute atomic E-state index is 14.1. The molecule has 3 amide bonds. The molecule has 1 aromatic heterocycles. The second-order valence-corrected chi connectivity index (χ2v) is 8.38. The van der Waals surface area contributed by atoms with Crippen LogP contribution in [0.1, 0.15) is 32.3 Å². The average molecular weight is 411 g/mol. The third-order valence-electron chi connectivity index (χ3n) is 5.89. The quantitative estimate of drug-likeness (QED) is 0.708. The highest BCUT2D eigenvalue weighted by Crippen LogP contribution is 2.39. The van der Waals surface area contributed by atoms with E-state index in [2.05, 4.69) is 9.97 Å². The van der Waals surface area contributed by atoms with Crippen molar-refractivity contribution in [1.29, 1.82) is 0 Å². The lowest BCUT2D eigenvalue weighted by Crippen LogP contribution is -2.56. The van der Waals surface area contributed by atoms with Crippen LogP contribution in [0.2, 0.25) is 0 Å². The van der Waals surface area contributed by atoms with E-state index in [1.165, 1.54) is 11.2 Å². The monoisotopic (exact) mass is 411 g/mol. The van der Waals surface area contributed by atoms with Crippen LogP contribution in [-0.2, 0) is 11.3 Å². The number of amides is 3. The van der Waals surface area contributed by atoms with Crippen LogP contribution < -0.4 is 4.90 Å². The molecular formula is C22H26FN5O2. The summed E-state index contributed by atoms with van der Waals surface area (Å²) >= 11 is 0. The van der Waals surface area contributed by atoms with Crippen LogP contribution in [0.15, 0.2) is 42.9 Å². The highest BCUT2D eigenvalue weighted by atomic mass is 19.1. The number of carbonyl (C=O) groups is 2. The Morgan fingerprint density at radius 1 is 1.13 bits per heavy atom. The highest BCUT2D eigenvalue weighted by Gasteiger charge is 2.58. The first kappa shape index (κ1) is 20.3. The minimum Gasteiger partial charge on any atom is -0.354 e. The van der Waals surface area contributed by atoms with Gasteiger partial charge < -0.3 is 9.80 Å². The summed E-state index contributed by atoms with van der Waals surface area (Å²) in [5, 5.41) is 0. The van der Waals surface area contributed by atoms with Gasteiger partial charge in [0.2, 0.25) is 0 Å². The number of anilines is 1. The molecule has 3 heterocycles. The first-order chi connectivity index (χ1) is 14.4. The minimum absolute atomic E-state index is 0.139. The molecule has 0 unspecified atom stereocenters. The lowest BCUT2D eigenvalue weighted by atomic mass is 9.85. The van der Waals surface area contributed by atoms with Crippen LogP contribution in [0.25, 0.3) is 0 Å². The number of hydrogen-bond donors (Lipinski definition) is 0. The largest absolute Gasteiger partial charge is 0.354 e. The van der Waals surface area contributed by atoms with Crippen molar-refractivity contribution in [1.82, 2.24) is 19.8 Å². The zero-order valence-electron chi connectivity index (χ0n) is 17.3. The minimum atomic E-state index is -0.901. The molecule has 1 spiro atoms. The highest BCUT2D eigenvalue weighted by molar-refractivity contribution is 6.07. The van der Waals surface area contributed by atoms with Crippen LogP contribution in [0, 0.1) is 11.7 Å². The van der Waals surface area contributed by atoms with E-state index < -0.39 is 11.4 Å². The van der Waals surface area contributed by atoms with Gasteiger partial charge in [-0.3, -0.25) is 9.69 Å². The molecule has 1 aromatic carbocycles. The normalized spacial score (nSPS) is 18.7. The first-order valence-electron chi connectivity index (χ1n) is 10.3. The zero-order chi connectivity index (χ0) is 21.3. The smallest absolute Gasteiger partial charge is 0.327 e. The summed E-state index contributed by atoms with van der Waals surface area (Å²) in [4.78, 5) is 39.5. The van der Waals surface area contributed by atoms with Gasteiger partial charge in [0.05, 0.1) is 6.20 Å². The predicted molar refractivity (Wildman–Crippen MR) is 110 cm³/mol. The fourth-order valence-corrected chi connectivity index (χ4v) is 4.40. The van der Waals surface area contributed by atoms with Gasteiger partial charge in [0, 0.05) is 26.2 Å². The molecule has 30 heavy (non-hydrogen) atoms. The van der Waals surface area contributed by atoms with E-state index in [0.29, 0.717) is 39.0 Å². The van der Waals surface area contributed by atoms with E-state index in [0.717, 1.165) is 11.8 Å². The van der Waals surface area contributed by atoms with E-state index in [-0.39, 0.29) is 23.7 Å². The van der Waals surface area contributed by atoms with Gasteiger partial charge in [0.1, 0.15) is 11.9 Å². The van der Waals surface area contributed by atoms with Gasteiger partial charge in [-0.15, -0.1) is 0 Å². The fourth-order valence-electron chi connectivity index (χ4n) is 4.40. The van der Waals surface area contributed by atoms with Crippen LogP contribution in [0.4, 0.5) is 15.0 Å². The van der Waals surface area contributed by atoms with Crippen molar-refractivity contribution >= 4 is 17.8 Å². The summed E-state index contributed by atoms with van der Waals surface area (Å²) < 4.78 is 14.1. The molecule has 0 bridgehead atoms. The Balaban J connectivity index is 1.62. The Kier molecular flexibility index (Phi) is 5.40. The number of hydrogen-bond acceptors (Lipinski definition) is 5. The molecule has 2 aliphatic heterocycles. The molecule has 2 saturated heterocycles. The van der Waals surface area contributed by atoms with Gasteiger partial charge in [0.25, 0.3) is 5.91 Å². The zero-order valence-corrected chi connectivity index (χ0v) is 17.3. The molecule has 158 valence electrons. The number of benzene rings is 1. The number of carbonyl (C=O) groups excluding carboxylic acids is 2. The molecule has 4 rings (SSSR count). The van der Waals surface area contributed by atoms with Crippen LogP contribution in [0.3, 0.4) is 0 Å². The maximum Gasteiger partial charge on any atom is 0.327 e. The van der Waals surface area contributed by atoms with Gasteiger partial charge in [-0.1, -0.05) is 44.2 Å². The predicted octanol–water partition coefficient (Wildman–Crippen LogP) is 3.08. The Bertz CT molecular complexity index is 928. The van der Waals surface area contributed by atoms with Crippen molar-refractivity contribution in [2.75, 3.05) is 24.5 Å². The average Bonchev–Trinajstić information content (AvgIpc) is 2.92. The molecule has 7 nitrogen and oxygen atoms in total. The number of piperidine rings is 1. The van der Waals surface area contributed by atoms with E-state index >= 15 is 0 Å². The summed E-state index contributed by atoms with van der Waals surface area (Å²) in [5.41, 5.74) is 0.0793. The number of rotatable bonds is 5. The third kappa shape index (κ3) is 3.51. The molecule has 0 atom stereocenters. The molecular weight excluding hydrogens is 385 g/mol. The Morgan fingerprint density at radius 3 is 2.47 bits per heavy atom. The summed E-state index contributed by atoms with van der Waals surface area (Å²) in [5.74, 6) is -0.197. The first-order valence-corrected chi connectivity index (χ1v) is 10.3. The lowest BCUT2D eigenvalue weighted by Gasteiger charge is -2.42. The van der Waals surface area contributed by atoms with Crippen LogP contribution in [-0.4, -0.2) is 56.9 Å². The summed E-state index contributed by atoms with van der Waals surface area (Å²) in [6.07, 6.45) is 3.33. The second-order valence-electron chi connectivity index (χ2n) is 8.38. The molecule has 2 aliphatic rings. The molecule has 0 N–H and O–H groups in total. The van der Waals surface area contributed by atoms with Crippen molar-refractivity contribution in [2.24, 2.45) is 5.92 Å². The van der Waals surface area contributed by atoms with Crippen molar-refractivity contribution < 1.29 is 14.0 Å². The lowest BCUT2D eigenvalue weighted by molar-refractivity contribution is -0.134. The van der Waals surface area contributed by atoms with E-state index in [1.54, 1.807) is 4.90 Å². The third-order valence-corrected chi connectivity index (χ3v) is 5.89. The maximum atomic E-state index is 14.1. The van der Waals surface area contributed by atoms with Gasteiger partial charge in [0.15, 0.2) is 11.6 Å².